The smallest absolute Gasteiger partial charge is 0.212 e. The highest BCUT2D eigenvalue weighted by atomic mass is 35.5. The third-order valence-electron chi connectivity index (χ3n) is 3.84. The molecule has 2 rings (SSSR count). The predicted octanol–water partition coefficient (Wildman–Crippen LogP) is 5.69. The number of hydrogen-bond acceptors (Lipinski definition) is 2. The van der Waals surface area contributed by atoms with Crippen LogP contribution in [0.3, 0.4) is 0 Å². The van der Waals surface area contributed by atoms with Gasteiger partial charge in [-0.3, -0.25) is 0 Å². The number of aromatic nitrogens is 2. The van der Waals surface area contributed by atoms with Crippen LogP contribution in [0.1, 0.15) is 51.8 Å². The molecule has 1 aromatic carbocycles. The summed E-state index contributed by atoms with van der Waals surface area (Å²) in [5.74, 6) is -2.61. The molecule has 0 saturated heterocycles. The second-order valence-corrected chi connectivity index (χ2v) is 7.40. The Balaban J connectivity index is 0.00000338. The Kier molecular flexibility index (Phi) is 8.00. The van der Waals surface area contributed by atoms with E-state index in [1.54, 1.807) is 4.68 Å². The first-order chi connectivity index (χ1) is 11.7. The Bertz CT molecular complexity index is 726. The Morgan fingerprint density at radius 3 is 2.31 bits per heavy atom. The van der Waals surface area contributed by atoms with Gasteiger partial charge in [-0.1, -0.05) is 34.1 Å². The summed E-state index contributed by atoms with van der Waals surface area (Å²) in [4.78, 5) is 0. The van der Waals surface area contributed by atoms with Gasteiger partial charge in [0.1, 0.15) is 12.4 Å². The molecule has 0 aliphatic rings. The first-order valence-corrected chi connectivity index (χ1v) is 8.52. The van der Waals surface area contributed by atoms with E-state index in [1.165, 1.54) is 0 Å². The molecule has 0 radical (unpaired) electrons. The third kappa shape index (κ3) is 6.24. The maximum Gasteiger partial charge on any atom is 0.212 e. The second-order valence-electron chi connectivity index (χ2n) is 7.40. The van der Waals surface area contributed by atoms with E-state index in [2.05, 4.69) is 32.8 Å². The van der Waals surface area contributed by atoms with E-state index >= 15 is 0 Å². The van der Waals surface area contributed by atoms with Crippen LogP contribution in [0.15, 0.2) is 18.2 Å². The second kappa shape index (κ2) is 9.31. The van der Waals surface area contributed by atoms with Gasteiger partial charge in [0.25, 0.3) is 0 Å². The summed E-state index contributed by atoms with van der Waals surface area (Å²) < 4.78 is 47.5. The van der Waals surface area contributed by atoms with Crippen LogP contribution in [-0.2, 0) is 19.6 Å². The Hall–Kier alpha value is -1.69. The lowest BCUT2D eigenvalue weighted by Crippen LogP contribution is -2.13. The minimum atomic E-state index is -1.21. The zero-order chi connectivity index (χ0) is 18.6. The van der Waals surface area contributed by atoms with Crippen molar-refractivity contribution in [3.63, 3.8) is 0 Å². The van der Waals surface area contributed by atoms with Gasteiger partial charge in [0, 0.05) is 24.2 Å². The Morgan fingerprint density at radius 1 is 1.04 bits per heavy atom. The van der Waals surface area contributed by atoms with Crippen LogP contribution in [0.25, 0.3) is 0 Å². The first kappa shape index (κ1) is 22.4. The van der Waals surface area contributed by atoms with Crippen molar-refractivity contribution in [3.8, 4) is 5.88 Å². The first-order valence-electron chi connectivity index (χ1n) is 8.52. The van der Waals surface area contributed by atoms with Crippen LogP contribution < -0.4 is 4.74 Å². The molecule has 1 aromatic heterocycles. The van der Waals surface area contributed by atoms with Crippen LogP contribution in [0, 0.1) is 22.9 Å². The lowest BCUT2D eigenvalue weighted by Gasteiger charge is -2.18. The van der Waals surface area contributed by atoms with Crippen molar-refractivity contribution in [3.05, 3.63) is 46.9 Å². The average Bonchev–Trinajstić information content (AvgIpc) is 2.89. The zero-order valence-electron chi connectivity index (χ0n) is 15.6. The minimum absolute atomic E-state index is 0. The zero-order valence-corrected chi connectivity index (χ0v) is 16.4. The topological polar surface area (TPSA) is 27.1 Å². The standard InChI is InChI=1S/C19H25F3N2O.ClH/c1-5-6-14-10-18(24(23-14)8-7-19(2,3)4)25-12-13-9-16(21)17(22)11-15(13)20;/h9-11H,5-8,12H2,1-4H3;1H. The monoisotopic (exact) mass is 390 g/mol. The van der Waals surface area contributed by atoms with Gasteiger partial charge in [-0.2, -0.15) is 5.10 Å². The van der Waals surface area contributed by atoms with Crippen molar-refractivity contribution >= 4 is 12.4 Å². The largest absolute Gasteiger partial charge is 0.473 e. The van der Waals surface area contributed by atoms with Crippen molar-refractivity contribution < 1.29 is 17.9 Å². The number of ether oxygens (including phenoxy) is 1. The molecule has 2 aromatic rings. The van der Waals surface area contributed by atoms with E-state index in [-0.39, 0.29) is 30.0 Å². The van der Waals surface area contributed by atoms with Gasteiger partial charge < -0.3 is 4.74 Å². The molecule has 0 bridgehead atoms. The van der Waals surface area contributed by atoms with Gasteiger partial charge in [-0.15, -0.1) is 12.4 Å². The summed E-state index contributed by atoms with van der Waals surface area (Å²) in [5, 5.41) is 4.53. The van der Waals surface area contributed by atoms with Crippen molar-refractivity contribution in [1.29, 1.82) is 0 Å². The average molecular weight is 391 g/mol. The van der Waals surface area contributed by atoms with E-state index < -0.39 is 17.5 Å². The summed E-state index contributed by atoms with van der Waals surface area (Å²) in [6, 6.07) is 3.19. The number of benzene rings is 1. The molecule has 0 aliphatic heterocycles. The normalized spacial score (nSPS) is 11.3. The summed E-state index contributed by atoms with van der Waals surface area (Å²) in [6.45, 7) is 8.96. The van der Waals surface area contributed by atoms with E-state index in [9.17, 15) is 13.2 Å². The maximum atomic E-state index is 13.8. The molecule has 0 N–H and O–H groups in total. The Morgan fingerprint density at radius 2 is 1.69 bits per heavy atom. The Labute approximate surface area is 159 Å². The van der Waals surface area contributed by atoms with Gasteiger partial charge in [-0.05, 0) is 24.3 Å². The molecular formula is C19H26ClF3N2O. The molecule has 0 atom stereocenters. The third-order valence-corrected chi connectivity index (χ3v) is 3.84. The lowest BCUT2D eigenvalue weighted by molar-refractivity contribution is 0.254. The molecule has 146 valence electrons. The molecule has 3 nitrogen and oxygen atoms in total. The number of aryl methyl sites for hydroxylation is 2. The maximum absolute atomic E-state index is 13.8. The molecule has 0 fully saturated rings. The fraction of sp³-hybridized carbons (Fsp3) is 0.526. The van der Waals surface area contributed by atoms with Gasteiger partial charge in [0.2, 0.25) is 5.88 Å². The molecule has 1 heterocycles. The SMILES string of the molecule is CCCc1cc(OCc2cc(F)c(F)cc2F)n(CCC(C)(C)C)n1.Cl. The number of nitrogens with zero attached hydrogens (tertiary/aromatic N) is 2. The molecular weight excluding hydrogens is 365 g/mol. The fourth-order valence-electron chi connectivity index (χ4n) is 2.37. The lowest BCUT2D eigenvalue weighted by atomic mass is 9.92. The molecule has 0 aliphatic carbocycles. The van der Waals surface area contributed by atoms with Gasteiger partial charge in [0.15, 0.2) is 11.6 Å². The van der Waals surface area contributed by atoms with Crippen molar-refractivity contribution in [2.45, 2.75) is 60.1 Å². The van der Waals surface area contributed by atoms with Crippen molar-refractivity contribution in [1.82, 2.24) is 9.78 Å². The molecule has 26 heavy (non-hydrogen) atoms. The summed E-state index contributed by atoms with van der Waals surface area (Å²) in [5.41, 5.74) is 1.01. The fourth-order valence-corrected chi connectivity index (χ4v) is 2.37. The van der Waals surface area contributed by atoms with Gasteiger partial charge in [0.05, 0.1) is 5.69 Å². The van der Waals surface area contributed by atoms with Crippen LogP contribution in [0.4, 0.5) is 13.2 Å². The van der Waals surface area contributed by atoms with Crippen molar-refractivity contribution in [2.75, 3.05) is 0 Å². The van der Waals surface area contributed by atoms with E-state index in [1.807, 2.05) is 6.07 Å². The number of hydrogen-bond donors (Lipinski definition) is 0. The molecule has 0 saturated carbocycles. The number of rotatable bonds is 7. The number of halogens is 4. The van der Waals surface area contributed by atoms with Crippen LogP contribution >= 0.6 is 12.4 Å². The minimum Gasteiger partial charge on any atom is -0.473 e. The highest BCUT2D eigenvalue weighted by Gasteiger charge is 2.16. The predicted molar refractivity (Wildman–Crippen MR) is 98.2 cm³/mol. The molecule has 0 unspecified atom stereocenters. The van der Waals surface area contributed by atoms with Crippen molar-refractivity contribution in [2.24, 2.45) is 5.41 Å². The summed E-state index contributed by atoms with van der Waals surface area (Å²) >= 11 is 0. The van der Waals surface area contributed by atoms with Crippen LogP contribution in [0.5, 0.6) is 5.88 Å². The van der Waals surface area contributed by atoms with E-state index in [4.69, 9.17) is 4.74 Å². The molecule has 7 heteroatoms. The van der Waals surface area contributed by atoms with Gasteiger partial charge in [-0.25, -0.2) is 17.9 Å². The van der Waals surface area contributed by atoms with Crippen LogP contribution in [-0.4, -0.2) is 9.78 Å². The van der Waals surface area contributed by atoms with Crippen LogP contribution in [0.2, 0.25) is 0 Å². The molecule has 0 amide bonds. The molecule has 0 spiro atoms. The highest BCUT2D eigenvalue weighted by Crippen LogP contribution is 2.24. The quantitative estimate of drug-likeness (QED) is 0.568. The van der Waals surface area contributed by atoms with Gasteiger partial charge >= 0.3 is 0 Å². The summed E-state index contributed by atoms with van der Waals surface area (Å²) in [6.07, 6.45) is 2.67. The highest BCUT2D eigenvalue weighted by molar-refractivity contribution is 5.85. The van der Waals surface area contributed by atoms with E-state index in [0.717, 1.165) is 31.0 Å². The summed E-state index contributed by atoms with van der Waals surface area (Å²) in [7, 11) is 0. The van der Waals surface area contributed by atoms with E-state index in [0.29, 0.717) is 18.5 Å².